The van der Waals surface area contributed by atoms with Gasteiger partial charge < -0.3 is 15.2 Å². The molecular formula is C13H24N2O3. The third-order valence-corrected chi connectivity index (χ3v) is 4.15. The maximum Gasteiger partial charge on any atom is 0.325 e. The molecule has 0 bridgehead atoms. The molecule has 2 unspecified atom stereocenters. The van der Waals surface area contributed by atoms with Crippen LogP contribution >= 0.6 is 0 Å². The zero-order valence-corrected chi connectivity index (χ0v) is 11.4. The second-order valence-electron chi connectivity index (χ2n) is 5.51. The van der Waals surface area contributed by atoms with Crippen LogP contribution < -0.4 is 5.73 Å². The Kier molecular flexibility index (Phi) is 4.25. The fourth-order valence-electron chi connectivity index (χ4n) is 2.99. The normalized spacial score (nSPS) is 31.9. The summed E-state index contributed by atoms with van der Waals surface area (Å²) in [5.74, 6) is -0.271. The summed E-state index contributed by atoms with van der Waals surface area (Å²) in [5.41, 5.74) is 5.38. The predicted molar refractivity (Wildman–Crippen MR) is 68.2 cm³/mol. The van der Waals surface area contributed by atoms with E-state index in [4.69, 9.17) is 15.2 Å². The van der Waals surface area contributed by atoms with Crippen LogP contribution in [0.3, 0.4) is 0 Å². The van der Waals surface area contributed by atoms with E-state index in [0.717, 1.165) is 26.0 Å². The molecule has 18 heavy (non-hydrogen) atoms. The first kappa shape index (κ1) is 13.8. The van der Waals surface area contributed by atoms with Crippen LogP contribution in [0.25, 0.3) is 0 Å². The van der Waals surface area contributed by atoms with E-state index in [1.807, 2.05) is 0 Å². The Morgan fingerprint density at radius 2 is 2.06 bits per heavy atom. The van der Waals surface area contributed by atoms with E-state index in [1.165, 1.54) is 20.0 Å². The predicted octanol–water partition coefficient (Wildman–Crippen LogP) is 0.520. The van der Waals surface area contributed by atoms with Crippen molar-refractivity contribution in [2.24, 2.45) is 5.73 Å². The minimum atomic E-state index is -0.778. The van der Waals surface area contributed by atoms with E-state index < -0.39 is 5.54 Å². The minimum absolute atomic E-state index is 0.271. The summed E-state index contributed by atoms with van der Waals surface area (Å²) in [6.07, 6.45) is 4.93. The van der Waals surface area contributed by atoms with E-state index in [2.05, 4.69) is 4.90 Å². The second kappa shape index (κ2) is 5.55. The van der Waals surface area contributed by atoms with Gasteiger partial charge in [-0.25, -0.2) is 0 Å². The molecule has 2 N–H and O–H groups in total. The Morgan fingerprint density at radius 3 is 2.61 bits per heavy atom. The second-order valence-corrected chi connectivity index (χ2v) is 5.51. The van der Waals surface area contributed by atoms with Crippen molar-refractivity contribution in [3.63, 3.8) is 0 Å². The highest BCUT2D eigenvalue weighted by Gasteiger charge is 2.47. The number of nitrogens with zero attached hydrogens (tertiary/aromatic N) is 1. The van der Waals surface area contributed by atoms with Gasteiger partial charge >= 0.3 is 5.97 Å². The Bertz CT molecular complexity index is 307. The largest absolute Gasteiger partial charge is 0.468 e. The molecule has 0 aliphatic heterocycles. The number of carbonyl (C=O) groups excluding carboxylic acids is 1. The summed E-state index contributed by atoms with van der Waals surface area (Å²) >= 11 is 0. The highest BCUT2D eigenvalue weighted by atomic mass is 16.5. The van der Waals surface area contributed by atoms with Crippen LogP contribution in [0.2, 0.25) is 0 Å². The fourth-order valence-corrected chi connectivity index (χ4v) is 2.99. The van der Waals surface area contributed by atoms with E-state index >= 15 is 0 Å². The minimum Gasteiger partial charge on any atom is -0.468 e. The number of methoxy groups -OCH3 is 2. The van der Waals surface area contributed by atoms with Gasteiger partial charge in [0.05, 0.1) is 13.7 Å². The maximum absolute atomic E-state index is 11.7. The average Bonchev–Trinajstić information content (AvgIpc) is 3.12. The molecule has 2 fully saturated rings. The van der Waals surface area contributed by atoms with Crippen molar-refractivity contribution >= 4 is 5.97 Å². The van der Waals surface area contributed by atoms with Gasteiger partial charge in [-0.3, -0.25) is 9.69 Å². The van der Waals surface area contributed by atoms with Crippen molar-refractivity contribution in [3.8, 4) is 0 Å². The quantitative estimate of drug-likeness (QED) is 0.702. The molecule has 0 aromatic rings. The lowest BCUT2D eigenvalue weighted by molar-refractivity contribution is -0.147. The zero-order valence-electron chi connectivity index (χ0n) is 11.4. The monoisotopic (exact) mass is 256 g/mol. The summed E-state index contributed by atoms with van der Waals surface area (Å²) < 4.78 is 9.98. The van der Waals surface area contributed by atoms with Gasteiger partial charge in [0.2, 0.25) is 0 Å². The van der Waals surface area contributed by atoms with Gasteiger partial charge in [-0.2, -0.15) is 0 Å². The number of nitrogens with two attached hydrogens (primary N) is 1. The summed E-state index contributed by atoms with van der Waals surface area (Å²) in [6, 6.07) is 1.07. The highest BCUT2D eigenvalue weighted by Crippen LogP contribution is 2.37. The van der Waals surface area contributed by atoms with E-state index in [-0.39, 0.29) is 5.97 Å². The van der Waals surface area contributed by atoms with Crippen LogP contribution in [-0.2, 0) is 14.3 Å². The van der Waals surface area contributed by atoms with E-state index in [0.29, 0.717) is 18.5 Å². The topological polar surface area (TPSA) is 64.8 Å². The van der Waals surface area contributed by atoms with Crippen LogP contribution in [-0.4, -0.2) is 55.9 Å². The average molecular weight is 256 g/mol. The van der Waals surface area contributed by atoms with Crippen molar-refractivity contribution in [3.05, 3.63) is 0 Å². The SMILES string of the molecule is COCCN(C1CC1)C1CCC(N)(C(=O)OC)C1. The van der Waals surface area contributed by atoms with Crippen molar-refractivity contribution in [2.75, 3.05) is 27.4 Å². The molecule has 2 atom stereocenters. The summed E-state index contributed by atoms with van der Waals surface area (Å²) in [7, 11) is 3.13. The van der Waals surface area contributed by atoms with Crippen molar-refractivity contribution < 1.29 is 14.3 Å². The summed E-state index contributed by atoms with van der Waals surface area (Å²) in [4.78, 5) is 14.2. The third-order valence-electron chi connectivity index (χ3n) is 4.15. The van der Waals surface area contributed by atoms with Crippen LogP contribution in [0, 0.1) is 0 Å². The van der Waals surface area contributed by atoms with Gasteiger partial charge in [0.25, 0.3) is 0 Å². The van der Waals surface area contributed by atoms with Crippen LogP contribution in [0.15, 0.2) is 0 Å². The van der Waals surface area contributed by atoms with Gasteiger partial charge in [0.15, 0.2) is 0 Å². The Morgan fingerprint density at radius 1 is 1.33 bits per heavy atom. The van der Waals surface area contributed by atoms with Gasteiger partial charge in [0.1, 0.15) is 5.54 Å². The number of carbonyl (C=O) groups is 1. The molecular weight excluding hydrogens is 232 g/mol. The van der Waals surface area contributed by atoms with Gasteiger partial charge in [-0.15, -0.1) is 0 Å². The molecule has 2 rings (SSSR count). The molecule has 0 spiro atoms. The van der Waals surface area contributed by atoms with Crippen LogP contribution in [0.5, 0.6) is 0 Å². The van der Waals surface area contributed by atoms with Gasteiger partial charge in [0, 0.05) is 25.7 Å². The third kappa shape index (κ3) is 2.84. The van der Waals surface area contributed by atoms with E-state index in [9.17, 15) is 4.79 Å². The Labute approximate surface area is 109 Å². The molecule has 0 heterocycles. The standard InChI is InChI=1S/C13H24N2O3/c1-17-8-7-15(10-3-4-10)11-5-6-13(14,9-11)12(16)18-2/h10-11H,3-9,14H2,1-2H3. The lowest BCUT2D eigenvalue weighted by atomic mass is 9.99. The number of ether oxygens (including phenoxy) is 2. The molecule has 104 valence electrons. The van der Waals surface area contributed by atoms with Crippen molar-refractivity contribution in [2.45, 2.75) is 49.7 Å². The smallest absolute Gasteiger partial charge is 0.325 e. The first-order valence-corrected chi connectivity index (χ1v) is 6.72. The Hall–Kier alpha value is -0.650. The summed E-state index contributed by atoms with van der Waals surface area (Å²) in [6.45, 7) is 1.67. The van der Waals surface area contributed by atoms with Gasteiger partial charge in [-0.05, 0) is 32.1 Å². The molecule has 0 aromatic carbocycles. The molecule has 2 aliphatic carbocycles. The highest BCUT2D eigenvalue weighted by molar-refractivity contribution is 5.81. The number of hydrogen-bond acceptors (Lipinski definition) is 5. The first-order chi connectivity index (χ1) is 8.60. The molecule has 0 aromatic heterocycles. The van der Waals surface area contributed by atoms with Crippen LogP contribution in [0.1, 0.15) is 32.1 Å². The lowest BCUT2D eigenvalue weighted by Crippen LogP contribution is -2.48. The number of rotatable bonds is 6. The lowest BCUT2D eigenvalue weighted by Gasteiger charge is -2.29. The molecule has 2 saturated carbocycles. The molecule has 0 amide bonds. The molecule has 0 radical (unpaired) electrons. The molecule has 5 nitrogen and oxygen atoms in total. The molecule has 5 heteroatoms. The number of hydrogen-bond donors (Lipinski definition) is 1. The van der Waals surface area contributed by atoms with Crippen LogP contribution in [0.4, 0.5) is 0 Å². The van der Waals surface area contributed by atoms with E-state index in [1.54, 1.807) is 7.11 Å². The summed E-state index contributed by atoms with van der Waals surface area (Å²) in [5, 5.41) is 0. The van der Waals surface area contributed by atoms with Gasteiger partial charge in [-0.1, -0.05) is 0 Å². The maximum atomic E-state index is 11.7. The molecule has 0 saturated heterocycles. The first-order valence-electron chi connectivity index (χ1n) is 6.72. The zero-order chi connectivity index (χ0) is 13.2. The fraction of sp³-hybridized carbons (Fsp3) is 0.923. The molecule has 2 aliphatic rings. The number of esters is 1. The van der Waals surface area contributed by atoms with Crippen molar-refractivity contribution in [1.82, 2.24) is 4.90 Å². The van der Waals surface area contributed by atoms with Crippen molar-refractivity contribution in [1.29, 1.82) is 0 Å². The Balaban J connectivity index is 1.95.